The van der Waals surface area contributed by atoms with E-state index < -0.39 is 0 Å². The van der Waals surface area contributed by atoms with Crippen molar-refractivity contribution in [1.29, 1.82) is 0 Å². The van der Waals surface area contributed by atoms with E-state index in [1.54, 1.807) is 25.4 Å². The number of nitrogens with zero attached hydrogens (tertiary/aromatic N) is 2. The minimum atomic E-state index is -0.330. The highest BCUT2D eigenvalue weighted by Crippen LogP contribution is 2.30. The second kappa shape index (κ2) is 7.93. The number of pyridine rings is 1. The first-order valence-corrected chi connectivity index (χ1v) is 7.19. The van der Waals surface area contributed by atoms with Crippen LogP contribution in [0.15, 0.2) is 47.8 Å². The van der Waals surface area contributed by atoms with E-state index in [1.165, 1.54) is 12.4 Å². The van der Waals surface area contributed by atoms with Gasteiger partial charge in [0.15, 0.2) is 11.5 Å². The van der Waals surface area contributed by atoms with E-state index in [9.17, 15) is 4.79 Å². The van der Waals surface area contributed by atoms with Gasteiger partial charge in [-0.15, -0.1) is 0 Å². The SMILES string of the molecule is COc1cccc(C=NNC(=O)c2cccnc2)c1OC(C)C. The van der Waals surface area contributed by atoms with Crippen LogP contribution in [0.3, 0.4) is 0 Å². The molecule has 0 radical (unpaired) electrons. The third-order valence-corrected chi connectivity index (χ3v) is 2.88. The van der Waals surface area contributed by atoms with E-state index in [-0.39, 0.29) is 12.0 Å². The summed E-state index contributed by atoms with van der Waals surface area (Å²) in [5.74, 6) is 0.870. The molecule has 0 aliphatic rings. The van der Waals surface area contributed by atoms with E-state index in [4.69, 9.17) is 9.47 Å². The number of benzene rings is 1. The molecule has 1 N–H and O–H groups in total. The maximum absolute atomic E-state index is 11.9. The molecule has 6 heteroatoms. The van der Waals surface area contributed by atoms with Crippen LogP contribution in [-0.4, -0.2) is 30.3 Å². The first kappa shape index (κ1) is 16.5. The number of methoxy groups -OCH3 is 1. The van der Waals surface area contributed by atoms with E-state index in [0.29, 0.717) is 22.6 Å². The number of amides is 1. The first-order valence-electron chi connectivity index (χ1n) is 7.19. The van der Waals surface area contributed by atoms with Gasteiger partial charge in [0.2, 0.25) is 0 Å². The number of ether oxygens (including phenoxy) is 2. The number of carbonyl (C=O) groups excluding carboxylic acids is 1. The van der Waals surface area contributed by atoms with Crippen molar-refractivity contribution in [3.05, 3.63) is 53.9 Å². The summed E-state index contributed by atoms with van der Waals surface area (Å²) in [6, 6.07) is 8.82. The van der Waals surface area contributed by atoms with Gasteiger partial charge in [0.05, 0.1) is 25.0 Å². The lowest BCUT2D eigenvalue weighted by Gasteiger charge is -2.15. The predicted octanol–water partition coefficient (Wildman–Crippen LogP) is 2.64. The quantitative estimate of drug-likeness (QED) is 0.657. The maximum Gasteiger partial charge on any atom is 0.272 e. The highest BCUT2D eigenvalue weighted by Gasteiger charge is 2.11. The van der Waals surface area contributed by atoms with Crippen molar-refractivity contribution in [3.8, 4) is 11.5 Å². The van der Waals surface area contributed by atoms with E-state index in [0.717, 1.165) is 0 Å². The molecule has 1 amide bonds. The number of hydrogen-bond donors (Lipinski definition) is 1. The molecular formula is C17H19N3O3. The lowest BCUT2D eigenvalue weighted by Crippen LogP contribution is -2.17. The van der Waals surface area contributed by atoms with Crippen LogP contribution in [0, 0.1) is 0 Å². The van der Waals surface area contributed by atoms with Gasteiger partial charge in [-0.2, -0.15) is 5.10 Å². The summed E-state index contributed by atoms with van der Waals surface area (Å²) in [5, 5.41) is 3.97. The van der Waals surface area contributed by atoms with Crippen LogP contribution in [0.5, 0.6) is 11.5 Å². The Labute approximate surface area is 135 Å². The molecule has 1 aromatic carbocycles. The monoisotopic (exact) mass is 313 g/mol. The van der Waals surface area contributed by atoms with Crippen LogP contribution in [-0.2, 0) is 0 Å². The lowest BCUT2D eigenvalue weighted by atomic mass is 10.2. The first-order chi connectivity index (χ1) is 11.1. The zero-order valence-electron chi connectivity index (χ0n) is 13.3. The summed E-state index contributed by atoms with van der Waals surface area (Å²) < 4.78 is 11.1. The van der Waals surface area contributed by atoms with Crippen molar-refractivity contribution >= 4 is 12.1 Å². The Morgan fingerprint density at radius 1 is 1.30 bits per heavy atom. The number of aromatic nitrogens is 1. The average Bonchev–Trinajstić information content (AvgIpc) is 2.56. The molecule has 0 saturated heterocycles. The molecule has 0 atom stereocenters. The highest BCUT2D eigenvalue weighted by atomic mass is 16.5. The summed E-state index contributed by atoms with van der Waals surface area (Å²) in [5.41, 5.74) is 3.61. The maximum atomic E-state index is 11.9. The van der Waals surface area contributed by atoms with Gasteiger partial charge in [0, 0.05) is 18.0 Å². The molecule has 0 fully saturated rings. The number of para-hydroxylation sites is 1. The zero-order valence-corrected chi connectivity index (χ0v) is 13.3. The topological polar surface area (TPSA) is 72.8 Å². The van der Waals surface area contributed by atoms with Crippen molar-refractivity contribution in [1.82, 2.24) is 10.4 Å². The van der Waals surface area contributed by atoms with E-state index >= 15 is 0 Å². The second-order valence-electron chi connectivity index (χ2n) is 4.99. The minimum Gasteiger partial charge on any atom is -0.493 e. The van der Waals surface area contributed by atoms with Crippen molar-refractivity contribution in [2.45, 2.75) is 20.0 Å². The van der Waals surface area contributed by atoms with Gasteiger partial charge in [0.25, 0.3) is 5.91 Å². The fourth-order valence-electron chi connectivity index (χ4n) is 1.88. The normalized spacial score (nSPS) is 10.8. The Hall–Kier alpha value is -2.89. The van der Waals surface area contributed by atoms with Crippen LogP contribution < -0.4 is 14.9 Å². The number of hydrogen-bond acceptors (Lipinski definition) is 5. The fourth-order valence-corrected chi connectivity index (χ4v) is 1.88. The fraction of sp³-hybridized carbons (Fsp3) is 0.235. The van der Waals surface area contributed by atoms with Crippen molar-refractivity contribution in [3.63, 3.8) is 0 Å². The summed E-state index contributed by atoms with van der Waals surface area (Å²) in [6.45, 7) is 3.86. The molecule has 120 valence electrons. The minimum absolute atomic E-state index is 0.0107. The molecule has 6 nitrogen and oxygen atoms in total. The molecule has 23 heavy (non-hydrogen) atoms. The predicted molar refractivity (Wildman–Crippen MR) is 88.1 cm³/mol. The Kier molecular flexibility index (Phi) is 5.68. The van der Waals surface area contributed by atoms with Crippen LogP contribution in [0.2, 0.25) is 0 Å². The van der Waals surface area contributed by atoms with Crippen LogP contribution in [0.25, 0.3) is 0 Å². The Bertz CT molecular complexity index is 685. The zero-order chi connectivity index (χ0) is 16.7. The van der Waals surface area contributed by atoms with Crippen LogP contribution in [0.1, 0.15) is 29.8 Å². The van der Waals surface area contributed by atoms with Crippen molar-refractivity contribution in [2.75, 3.05) is 7.11 Å². The molecule has 1 heterocycles. The Morgan fingerprint density at radius 3 is 2.78 bits per heavy atom. The number of rotatable bonds is 6. The third-order valence-electron chi connectivity index (χ3n) is 2.88. The lowest BCUT2D eigenvalue weighted by molar-refractivity contribution is 0.0954. The van der Waals surface area contributed by atoms with Gasteiger partial charge in [0.1, 0.15) is 0 Å². The number of hydrazone groups is 1. The molecule has 1 aromatic heterocycles. The van der Waals surface area contributed by atoms with Crippen molar-refractivity contribution in [2.24, 2.45) is 5.10 Å². The highest BCUT2D eigenvalue weighted by molar-refractivity contribution is 5.94. The number of nitrogens with one attached hydrogen (secondary N) is 1. The smallest absolute Gasteiger partial charge is 0.272 e. The molecule has 0 aliphatic heterocycles. The van der Waals surface area contributed by atoms with E-state index in [2.05, 4.69) is 15.5 Å². The van der Waals surface area contributed by atoms with Crippen LogP contribution in [0.4, 0.5) is 0 Å². The van der Waals surface area contributed by atoms with Gasteiger partial charge < -0.3 is 9.47 Å². The van der Waals surface area contributed by atoms with Gasteiger partial charge in [-0.05, 0) is 38.1 Å². The van der Waals surface area contributed by atoms with Crippen molar-refractivity contribution < 1.29 is 14.3 Å². The average molecular weight is 313 g/mol. The van der Waals surface area contributed by atoms with E-state index in [1.807, 2.05) is 32.0 Å². The van der Waals surface area contributed by atoms with Gasteiger partial charge in [-0.1, -0.05) is 6.07 Å². The Morgan fingerprint density at radius 2 is 2.13 bits per heavy atom. The summed E-state index contributed by atoms with van der Waals surface area (Å²) in [7, 11) is 1.58. The molecule has 2 rings (SSSR count). The third kappa shape index (κ3) is 4.54. The van der Waals surface area contributed by atoms with Gasteiger partial charge in [-0.25, -0.2) is 5.43 Å². The second-order valence-corrected chi connectivity index (χ2v) is 4.99. The summed E-state index contributed by atoms with van der Waals surface area (Å²) in [4.78, 5) is 15.8. The van der Waals surface area contributed by atoms with Gasteiger partial charge in [-0.3, -0.25) is 9.78 Å². The standard InChI is InChI=1S/C17H19N3O3/c1-12(2)23-16-13(6-4-8-15(16)22-3)11-19-20-17(21)14-7-5-9-18-10-14/h4-12H,1-3H3,(H,20,21). The molecular weight excluding hydrogens is 294 g/mol. The summed E-state index contributed by atoms with van der Waals surface area (Å²) in [6.07, 6.45) is 4.59. The molecule has 0 saturated carbocycles. The Balaban J connectivity index is 2.14. The molecule has 0 unspecified atom stereocenters. The van der Waals surface area contributed by atoms with Crippen LogP contribution >= 0.6 is 0 Å². The van der Waals surface area contributed by atoms with Gasteiger partial charge >= 0.3 is 0 Å². The molecule has 0 bridgehead atoms. The largest absolute Gasteiger partial charge is 0.493 e. The molecule has 0 aliphatic carbocycles. The number of carbonyl (C=O) groups is 1. The molecule has 2 aromatic rings. The molecule has 0 spiro atoms. The summed E-state index contributed by atoms with van der Waals surface area (Å²) >= 11 is 0.